The first-order valence-electron chi connectivity index (χ1n) is 5.45. The van der Waals surface area contributed by atoms with Crippen molar-refractivity contribution in [3.8, 4) is 0 Å². The van der Waals surface area contributed by atoms with Crippen molar-refractivity contribution in [2.45, 2.75) is 17.8 Å². The van der Waals surface area contributed by atoms with Gasteiger partial charge >= 0.3 is 0 Å². The lowest BCUT2D eigenvalue weighted by Crippen LogP contribution is -1.99. The maximum atomic E-state index is 4.24. The van der Waals surface area contributed by atoms with Gasteiger partial charge in [-0.05, 0) is 24.6 Å². The zero-order valence-corrected chi connectivity index (χ0v) is 10.7. The molecule has 6 heteroatoms. The maximum absolute atomic E-state index is 4.24. The smallest absolute Gasteiger partial charge is 0.191 e. The summed E-state index contributed by atoms with van der Waals surface area (Å²) in [5.74, 6) is 1.79. The summed E-state index contributed by atoms with van der Waals surface area (Å²) < 4.78 is 1.91. The summed E-state index contributed by atoms with van der Waals surface area (Å²) in [4.78, 5) is 4.24. The summed E-state index contributed by atoms with van der Waals surface area (Å²) in [5.41, 5.74) is 1.23. The van der Waals surface area contributed by atoms with Gasteiger partial charge in [0, 0.05) is 25.5 Å². The third kappa shape index (κ3) is 3.20. The van der Waals surface area contributed by atoms with Crippen LogP contribution < -0.4 is 5.32 Å². The molecule has 0 saturated carbocycles. The lowest BCUT2D eigenvalue weighted by molar-refractivity contribution is 0.788. The lowest BCUT2D eigenvalue weighted by atomic mass is 10.3. The Morgan fingerprint density at radius 2 is 2.35 bits per heavy atom. The minimum absolute atomic E-state index is 0.868. The highest BCUT2D eigenvalue weighted by Gasteiger charge is 2.02. The molecule has 90 valence electrons. The van der Waals surface area contributed by atoms with Crippen molar-refractivity contribution in [1.29, 1.82) is 0 Å². The van der Waals surface area contributed by atoms with Crippen LogP contribution in [0.4, 0.5) is 5.82 Å². The largest absolute Gasteiger partial charge is 0.370 e. The van der Waals surface area contributed by atoms with Crippen molar-refractivity contribution < 1.29 is 0 Å². The van der Waals surface area contributed by atoms with E-state index < -0.39 is 0 Å². The molecular weight excluding hydrogens is 234 g/mol. The Morgan fingerprint density at radius 3 is 3.06 bits per heavy atom. The van der Waals surface area contributed by atoms with Gasteiger partial charge in [-0.25, -0.2) is 4.98 Å². The van der Waals surface area contributed by atoms with Gasteiger partial charge < -0.3 is 9.88 Å². The second-order valence-corrected chi connectivity index (χ2v) is 4.54. The first-order chi connectivity index (χ1) is 8.29. The van der Waals surface area contributed by atoms with E-state index in [1.807, 2.05) is 23.9 Å². The Kier molecular flexibility index (Phi) is 3.98. The molecule has 2 rings (SSSR count). The van der Waals surface area contributed by atoms with Gasteiger partial charge in [0.1, 0.15) is 12.1 Å². The Balaban J connectivity index is 1.99. The van der Waals surface area contributed by atoms with Crippen LogP contribution in [0.15, 0.2) is 29.8 Å². The number of hydrogen-bond donors (Lipinski definition) is 1. The van der Waals surface area contributed by atoms with Gasteiger partial charge in [0.05, 0.1) is 0 Å². The molecule has 0 aliphatic carbocycles. The molecule has 17 heavy (non-hydrogen) atoms. The number of pyridine rings is 1. The third-order valence-electron chi connectivity index (χ3n) is 2.22. The topological polar surface area (TPSA) is 55.6 Å². The molecule has 0 fully saturated rings. The quantitative estimate of drug-likeness (QED) is 0.821. The van der Waals surface area contributed by atoms with E-state index in [1.54, 1.807) is 18.1 Å². The Labute approximate surface area is 105 Å². The van der Waals surface area contributed by atoms with Crippen LogP contribution in [0.5, 0.6) is 0 Å². The van der Waals surface area contributed by atoms with Crippen LogP contribution in [0.25, 0.3) is 0 Å². The van der Waals surface area contributed by atoms with Crippen molar-refractivity contribution >= 4 is 17.6 Å². The number of anilines is 1. The lowest BCUT2D eigenvalue weighted by Gasteiger charge is -2.05. The van der Waals surface area contributed by atoms with Crippen LogP contribution in [0.3, 0.4) is 0 Å². The number of hydrogen-bond acceptors (Lipinski definition) is 5. The molecule has 0 radical (unpaired) electrons. The van der Waals surface area contributed by atoms with Gasteiger partial charge in [0.25, 0.3) is 0 Å². The fourth-order valence-electron chi connectivity index (χ4n) is 1.39. The fourth-order valence-corrected chi connectivity index (χ4v) is 2.22. The highest BCUT2D eigenvalue weighted by Crippen LogP contribution is 2.20. The predicted molar refractivity (Wildman–Crippen MR) is 69.0 cm³/mol. The van der Waals surface area contributed by atoms with Gasteiger partial charge in [-0.15, -0.1) is 10.2 Å². The van der Waals surface area contributed by atoms with Gasteiger partial charge in [0.2, 0.25) is 0 Å². The summed E-state index contributed by atoms with van der Waals surface area (Å²) in [7, 11) is 1.94. The molecule has 0 bridgehead atoms. The monoisotopic (exact) mass is 249 g/mol. The Hall–Kier alpha value is -1.56. The number of nitrogens with one attached hydrogen (secondary N) is 1. The first kappa shape index (κ1) is 11.9. The molecule has 0 atom stereocenters. The highest BCUT2D eigenvalue weighted by molar-refractivity contribution is 7.98. The molecule has 0 saturated heterocycles. The molecule has 0 spiro atoms. The van der Waals surface area contributed by atoms with E-state index in [0.717, 1.165) is 23.3 Å². The Morgan fingerprint density at radius 1 is 1.47 bits per heavy atom. The molecule has 2 aromatic heterocycles. The second-order valence-electron chi connectivity index (χ2n) is 3.59. The number of aryl methyl sites for hydroxylation is 1. The fraction of sp³-hybridized carbons (Fsp3) is 0.364. The molecular formula is C11H15N5S. The second kappa shape index (κ2) is 5.67. The van der Waals surface area contributed by atoms with Crippen molar-refractivity contribution in [2.75, 3.05) is 11.9 Å². The SMILES string of the molecule is CCNc1cc(CSc2nncn2C)ccn1. The molecule has 1 N–H and O–H groups in total. The molecule has 0 aromatic carbocycles. The minimum atomic E-state index is 0.868. The van der Waals surface area contributed by atoms with Gasteiger partial charge in [-0.3, -0.25) is 0 Å². The van der Waals surface area contributed by atoms with Gasteiger partial charge in [-0.2, -0.15) is 0 Å². The first-order valence-corrected chi connectivity index (χ1v) is 6.43. The Bertz CT molecular complexity index is 482. The number of nitrogens with zero attached hydrogens (tertiary/aromatic N) is 4. The van der Waals surface area contributed by atoms with Crippen LogP contribution in [-0.2, 0) is 12.8 Å². The average Bonchev–Trinajstić information content (AvgIpc) is 2.73. The molecule has 2 heterocycles. The average molecular weight is 249 g/mol. The van der Waals surface area contributed by atoms with Gasteiger partial charge in [-0.1, -0.05) is 11.8 Å². The molecule has 0 amide bonds. The van der Waals surface area contributed by atoms with Crippen molar-refractivity contribution in [3.63, 3.8) is 0 Å². The van der Waals surface area contributed by atoms with Crippen molar-refractivity contribution in [1.82, 2.24) is 19.7 Å². The normalized spacial score (nSPS) is 10.5. The van der Waals surface area contributed by atoms with Gasteiger partial charge in [0.15, 0.2) is 5.16 Å². The highest BCUT2D eigenvalue weighted by atomic mass is 32.2. The predicted octanol–water partition coefficient (Wildman–Crippen LogP) is 1.93. The van der Waals surface area contributed by atoms with Crippen LogP contribution in [0.2, 0.25) is 0 Å². The van der Waals surface area contributed by atoms with E-state index in [9.17, 15) is 0 Å². The molecule has 5 nitrogen and oxygen atoms in total. The maximum Gasteiger partial charge on any atom is 0.191 e. The van der Waals surface area contributed by atoms with Crippen LogP contribution in [0.1, 0.15) is 12.5 Å². The minimum Gasteiger partial charge on any atom is -0.370 e. The van der Waals surface area contributed by atoms with Crippen molar-refractivity contribution in [2.24, 2.45) is 7.05 Å². The third-order valence-corrected chi connectivity index (χ3v) is 3.33. The molecule has 0 aliphatic heterocycles. The van der Waals surface area contributed by atoms with E-state index in [-0.39, 0.29) is 0 Å². The van der Waals surface area contributed by atoms with Crippen LogP contribution >= 0.6 is 11.8 Å². The summed E-state index contributed by atoms with van der Waals surface area (Å²) in [6.45, 7) is 2.94. The molecule has 2 aromatic rings. The number of aromatic nitrogens is 4. The van der Waals surface area contributed by atoms with E-state index >= 15 is 0 Å². The summed E-state index contributed by atoms with van der Waals surface area (Å²) in [6, 6.07) is 4.08. The number of thioether (sulfide) groups is 1. The van der Waals surface area contributed by atoms with E-state index in [0.29, 0.717) is 0 Å². The standard InChI is InChI=1S/C11H15N5S/c1-3-12-10-6-9(4-5-13-10)7-17-11-15-14-8-16(11)2/h4-6,8H,3,7H2,1-2H3,(H,12,13). The number of rotatable bonds is 5. The molecule has 0 aliphatic rings. The summed E-state index contributed by atoms with van der Waals surface area (Å²) in [5, 5.41) is 12.0. The summed E-state index contributed by atoms with van der Waals surface area (Å²) >= 11 is 1.67. The van der Waals surface area contributed by atoms with E-state index in [2.05, 4.69) is 33.5 Å². The van der Waals surface area contributed by atoms with E-state index in [4.69, 9.17) is 0 Å². The zero-order valence-electron chi connectivity index (χ0n) is 9.92. The zero-order chi connectivity index (χ0) is 12.1. The molecule has 0 unspecified atom stereocenters. The van der Waals surface area contributed by atoms with Crippen molar-refractivity contribution in [3.05, 3.63) is 30.2 Å². The van der Waals surface area contributed by atoms with Crippen LogP contribution in [-0.4, -0.2) is 26.3 Å². The van der Waals surface area contributed by atoms with Crippen LogP contribution in [0, 0.1) is 0 Å². The summed E-state index contributed by atoms with van der Waals surface area (Å²) in [6.07, 6.45) is 3.53. The van der Waals surface area contributed by atoms with E-state index in [1.165, 1.54) is 5.56 Å².